The topological polar surface area (TPSA) is 50.4 Å². The molecular formula is C21H27ClN2O2. The second kappa shape index (κ2) is 9.60. The lowest BCUT2D eigenvalue weighted by molar-refractivity contribution is 0.0527. The minimum atomic E-state index is -0.458. The van der Waals surface area contributed by atoms with Gasteiger partial charge in [-0.05, 0) is 62.6 Å². The van der Waals surface area contributed by atoms with Crippen molar-refractivity contribution in [2.24, 2.45) is 0 Å². The number of carbonyl (C=O) groups is 1. The van der Waals surface area contributed by atoms with Crippen LogP contribution in [-0.4, -0.2) is 24.8 Å². The van der Waals surface area contributed by atoms with Crippen LogP contribution < -0.4 is 10.6 Å². The molecule has 5 heteroatoms. The number of hydrogen-bond donors (Lipinski definition) is 2. The predicted octanol–water partition coefficient (Wildman–Crippen LogP) is 5.01. The summed E-state index contributed by atoms with van der Waals surface area (Å²) in [6.07, 6.45) is 0.484. The summed E-state index contributed by atoms with van der Waals surface area (Å²) >= 11 is 5.92. The van der Waals surface area contributed by atoms with Gasteiger partial charge in [0.15, 0.2) is 0 Å². The zero-order valence-electron chi connectivity index (χ0n) is 15.6. The summed E-state index contributed by atoms with van der Waals surface area (Å²) in [6, 6.07) is 16.3. The highest BCUT2D eigenvalue weighted by atomic mass is 35.5. The number of amides is 1. The Morgan fingerprint density at radius 1 is 0.962 bits per heavy atom. The molecule has 0 atom stereocenters. The first-order valence-corrected chi connectivity index (χ1v) is 9.24. The SMILES string of the molecule is CC(C)(C)OC(=O)NCCCNCc1ccc(-c2ccc(Cl)cc2)cc1. The first-order chi connectivity index (χ1) is 12.3. The monoisotopic (exact) mass is 374 g/mol. The quantitative estimate of drug-likeness (QED) is 0.669. The van der Waals surface area contributed by atoms with Crippen molar-refractivity contribution in [1.82, 2.24) is 10.6 Å². The van der Waals surface area contributed by atoms with Crippen LogP contribution in [0.25, 0.3) is 11.1 Å². The van der Waals surface area contributed by atoms with Gasteiger partial charge in [-0.2, -0.15) is 0 Å². The van der Waals surface area contributed by atoms with E-state index in [2.05, 4.69) is 34.9 Å². The van der Waals surface area contributed by atoms with Crippen LogP contribution in [0.15, 0.2) is 48.5 Å². The van der Waals surface area contributed by atoms with Gasteiger partial charge in [0.1, 0.15) is 5.60 Å². The van der Waals surface area contributed by atoms with Crippen LogP contribution in [0.4, 0.5) is 4.79 Å². The fraction of sp³-hybridized carbons (Fsp3) is 0.381. The molecule has 2 N–H and O–H groups in total. The summed E-state index contributed by atoms with van der Waals surface area (Å²) in [5.74, 6) is 0. The van der Waals surface area contributed by atoms with Crippen LogP contribution in [0.3, 0.4) is 0 Å². The highest BCUT2D eigenvalue weighted by Gasteiger charge is 2.15. The Kier molecular flexibility index (Phi) is 7.49. The lowest BCUT2D eigenvalue weighted by atomic mass is 10.0. The predicted molar refractivity (Wildman–Crippen MR) is 107 cm³/mol. The van der Waals surface area contributed by atoms with Crippen LogP contribution in [-0.2, 0) is 11.3 Å². The maximum absolute atomic E-state index is 11.5. The van der Waals surface area contributed by atoms with Crippen LogP contribution >= 0.6 is 11.6 Å². The Hall–Kier alpha value is -2.04. The Labute approximate surface area is 160 Å². The van der Waals surface area contributed by atoms with Gasteiger partial charge in [0.2, 0.25) is 0 Å². The molecular weight excluding hydrogens is 348 g/mol. The van der Waals surface area contributed by atoms with E-state index < -0.39 is 5.60 Å². The molecule has 0 spiro atoms. The van der Waals surface area contributed by atoms with Gasteiger partial charge in [0.05, 0.1) is 0 Å². The highest BCUT2D eigenvalue weighted by molar-refractivity contribution is 6.30. The number of hydrogen-bond acceptors (Lipinski definition) is 3. The van der Waals surface area contributed by atoms with E-state index in [0.29, 0.717) is 6.54 Å². The molecule has 1 amide bonds. The van der Waals surface area contributed by atoms with Gasteiger partial charge < -0.3 is 15.4 Å². The van der Waals surface area contributed by atoms with Crippen LogP contribution in [0.5, 0.6) is 0 Å². The standard InChI is InChI=1S/C21H27ClN2O2/c1-21(2,3)26-20(25)24-14-4-13-23-15-16-5-7-17(8-6-16)18-9-11-19(22)12-10-18/h5-12,23H,4,13-15H2,1-3H3,(H,24,25). The van der Waals surface area contributed by atoms with Gasteiger partial charge in [-0.1, -0.05) is 48.0 Å². The van der Waals surface area contributed by atoms with Crippen LogP contribution in [0.1, 0.15) is 32.8 Å². The van der Waals surface area contributed by atoms with E-state index in [1.807, 2.05) is 45.0 Å². The molecule has 0 bridgehead atoms. The maximum atomic E-state index is 11.5. The Balaban J connectivity index is 1.66. The minimum absolute atomic E-state index is 0.365. The third-order valence-electron chi connectivity index (χ3n) is 3.66. The molecule has 0 aliphatic rings. The number of halogens is 1. The van der Waals surface area contributed by atoms with Crippen molar-refractivity contribution in [1.29, 1.82) is 0 Å². The van der Waals surface area contributed by atoms with Crippen molar-refractivity contribution in [3.8, 4) is 11.1 Å². The average Bonchev–Trinajstić information content (AvgIpc) is 2.58. The molecule has 140 valence electrons. The summed E-state index contributed by atoms with van der Waals surface area (Å²) < 4.78 is 5.19. The fourth-order valence-electron chi connectivity index (χ4n) is 2.41. The number of benzene rings is 2. The van der Waals surface area contributed by atoms with E-state index in [1.165, 1.54) is 11.1 Å². The number of ether oxygens (including phenoxy) is 1. The van der Waals surface area contributed by atoms with Gasteiger partial charge in [-0.25, -0.2) is 4.79 Å². The van der Waals surface area contributed by atoms with E-state index >= 15 is 0 Å². The molecule has 0 fully saturated rings. The molecule has 2 rings (SSSR count). The Bertz CT molecular complexity index is 691. The number of carbonyl (C=O) groups excluding carboxylic acids is 1. The molecule has 0 aromatic heterocycles. The summed E-state index contributed by atoms with van der Waals surface area (Å²) in [5, 5.41) is 6.88. The molecule has 2 aromatic rings. The Morgan fingerprint density at radius 2 is 1.54 bits per heavy atom. The molecule has 26 heavy (non-hydrogen) atoms. The second-order valence-electron chi connectivity index (χ2n) is 7.16. The first kappa shape index (κ1) is 20.3. The molecule has 0 radical (unpaired) electrons. The van der Waals surface area contributed by atoms with Gasteiger partial charge >= 0.3 is 6.09 Å². The molecule has 0 aliphatic heterocycles. The van der Waals surface area contributed by atoms with Crippen molar-refractivity contribution in [3.05, 3.63) is 59.1 Å². The van der Waals surface area contributed by atoms with E-state index in [1.54, 1.807) is 0 Å². The molecule has 2 aromatic carbocycles. The Morgan fingerprint density at radius 3 is 2.12 bits per heavy atom. The van der Waals surface area contributed by atoms with Crippen molar-refractivity contribution in [2.45, 2.75) is 39.3 Å². The van der Waals surface area contributed by atoms with Gasteiger partial charge in [-0.15, -0.1) is 0 Å². The zero-order chi connectivity index (χ0) is 19.0. The van der Waals surface area contributed by atoms with Gasteiger partial charge in [0, 0.05) is 18.1 Å². The molecule has 0 aliphatic carbocycles. The number of alkyl carbamates (subject to hydrolysis) is 1. The van der Waals surface area contributed by atoms with Crippen LogP contribution in [0, 0.1) is 0 Å². The van der Waals surface area contributed by atoms with Gasteiger partial charge in [0.25, 0.3) is 0 Å². The first-order valence-electron chi connectivity index (χ1n) is 8.86. The lowest BCUT2D eigenvalue weighted by Crippen LogP contribution is -2.33. The van der Waals surface area contributed by atoms with E-state index in [-0.39, 0.29) is 6.09 Å². The molecule has 0 heterocycles. The largest absolute Gasteiger partial charge is 0.444 e. The smallest absolute Gasteiger partial charge is 0.407 e. The lowest BCUT2D eigenvalue weighted by Gasteiger charge is -2.19. The summed E-state index contributed by atoms with van der Waals surface area (Å²) in [4.78, 5) is 11.5. The molecule has 0 saturated carbocycles. The molecule has 0 unspecified atom stereocenters. The van der Waals surface area contributed by atoms with Crippen molar-refractivity contribution < 1.29 is 9.53 Å². The molecule has 0 saturated heterocycles. The van der Waals surface area contributed by atoms with E-state index in [4.69, 9.17) is 16.3 Å². The third-order valence-corrected chi connectivity index (χ3v) is 3.91. The summed E-state index contributed by atoms with van der Waals surface area (Å²) in [7, 11) is 0. The summed E-state index contributed by atoms with van der Waals surface area (Å²) in [5.41, 5.74) is 3.09. The number of nitrogens with one attached hydrogen (secondary N) is 2. The van der Waals surface area contributed by atoms with E-state index in [0.717, 1.165) is 30.1 Å². The second-order valence-corrected chi connectivity index (χ2v) is 7.60. The van der Waals surface area contributed by atoms with Gasteiger partial charge in [-0.3, -0.25) is 0 Å². The average molecular weight is 375 g/mol. The van der Waals surface area contributed by atoms with Crippen molar-refractivity contribution >= 4 is 17.7 Å². The minimum Gasteiger partial charge on any atom is -0.444 e. The highest BCUT2D eigenvalue weighted by Crippen LogP contribution is 2.21. The van der Waals surface area contributed by atoms with Crippen molar-refractivity contribution in [3.63, 3.8) is 0 Å². The van der Waals surface area contributed by atoms with E-state index in [9.17, 15) is 4.79 Å². The molecule has 4 nitrogen and oxygen atoms in total. The van der Waals surface area contributed by atoms with Crippen LogP contribution in [0.2, 0.25) is 5.02 Å². The number of rotatable bonds is 7. The fourth-order valence-corrected chi connectivity index (χ4v) is 2.53. The zero-order valence-corrected chi connectivity index (χ0v) is 16.4. The normalized spacial score (nSPS) is 11.2. The van der Waals surface area contributed by atoms with Crippen molar-refractivity contribution in [2.75, 3.05) is 13.1 Å². The maximum Gasteiger partial charge on any atom is 0.407 e. The summed E-state index contributed by atoms with van der Waals surface area (Å²) in [6.45, 7) is 7.78. The third kappa shape index (κ3) is 7.46.